The monoisotopic (exact) mass is 590 g/mol. The Morgan fingerprint density at radius 2 is 1.97 bits per heavy atom. The van der Waals surface area contributed by atoms with Crippen LogP contribution in [-0.2, 0) is 9.53 Å². The van der Waals surface area contributed by atoms with Crippen LogP contribution < -0.4 is 10.3 Å². The third kappa shape index (κ3) is 5.14. The Morgan fingerprint density at radius 1 is 1.18 bits per heavy atom. The van der Waals surface area contributed by atoms with E-state index in [1.807, 2.05) is 12.1 Å². The molecular formula is C27H19BrN4O7. The minimum Gasteiger partial charge on any atom is -0.478 e. The summed E-state index contributed by atoms with van der Waals surface area (Å²) in [6.45, 7) is 1.48. The van der Waals surface area contributed by atoms with Gasteiger partial charge in [0.1, 0.15) is 11.3 Å². The third-order valence-electron chi connectivity index (χ3n) is 5.81. The fourth-order valence-corrected chi connectivity index (χ4v) is 4.28. The van der Waals surface area contributed by atoms with Crippen LogP contribution in [0.4, 0.5) is 5.69 Å². The third-order valence-corrected chi connectivity index (χ3v) is 6.30. The molecule has 39 heavy (non-hydrogen) atoms. The molecule has 0 saturated heterocycles. The van der Waals surface area contributed by atoms with E-state index in [2.05, 4.69) is 26.0 Å². The predicted octanol–water partition coefficient (Wildman–Crippen LogP) is 5.30. The average Bonchev–Trinajstić information content (AvgIpc) is 3.35. The number of rotatable bonds is 7. The SMILES string of the molecule is COC(=O)[C@@H](C)Oc1ccc([N+](=O)[O-])cc1C=Nn1c(-c2cc3cc(Br)ccc3o2)nc2ccccc2c1=O. The molecule has 12 heteroatoms. The largest absolute Gasteiger partial charge is 0.478 e. The molecule has 0 aliphatic heterocycles. The van der Waals surface area contributed by atoms with E-state index < -0.39 is 22.6 Å². The summed E-state index contributed by atoms with van der Waals surface area (Å²) >= 11 is 3.44. The smallest absolute Gasteiger partial charge is 0.346 e. The van der Waals surface area contributed by atoms with Crippen molar-refractivity contribution < 1.29 is 23.6 Å². The lowest BCUT2D eigenvalue weighted by atomic mass is 10.2. The summed E-state index contributed by atoms with van der Waals surface area (Å²) in [4.78, 5) is 40.9. The molecule has 0 aliphatic rings. The van der Waals surface area contributed by atoms with Crippen LogP contribution >= 0.6 is 15.9 Å². The number of esters is 1. The van der Waals surface area contributed by atoms with E-state index >= 15 is 0 Å². The molecule has 11 nitrogen and oxygen atoms in total. The first-order valence-electron chi connectivity index (χ1n) is 11.5. The van der Waals surface area contributed by atoms with Crippen LogP contribution in [0.5, 0.6) is 5.75 Å². The zero-order valence-corrected chi connectivity index (χ0v) is 22.1. The number of fused-ring (bicyclic) bond motifs is 2. The van der Waals surface area contributed by atoms with Gasteiger partial charge in [-0.1, -0.05) is 28.1 Å². The van der Waals surface area contributed by atoms with Gasteiger partial charge in [0.05, 0.1) is 29.2 Å². The van der Waals surface area contributed by atoms with Crippen molar-refractivity contribution in [3.05, 3.63) is 97.2 Å². The number of nitro groups is 1. The summed E-state index contributed by atoms with van der Waals surface area (Å²) in [5, 5.41) is 16.9. The van der Waals surface area contributed by atoms with E-state index in [4.69, 9.17) is 13.9 Å². The van der Waals surface area contributed by atoms with Crippen molar-refractivity contribution >= 4 is 55.7 Å². The lowest BCUT2D eigenvalue weighted by Gasteiger charge is -2.14. The van der Waals surface area contributed by atoms with E-state index in [1.165, 1.54) is 38.4 Å². The summed E-state index contributed by atoms with van der Waals surface area (Å²) in [5.74, 6) is -0.0970. The van der Waals surface area contributed by atoms with Gasteiger partial charge in [0, 0.05) is 27.6 Å². The first-order valence-corrected chi connectivity index (χ1v) is 12.3. The summed E-state index contributed by atoms with van der Waals surface area (Å²) in [5.41, 5.74) is 0.458. The number of non-ortho nitro benzene ring substituents is 1. The molecule has 0 aliphatic carbocycles. The molecule has 5 rings (SSSR count). The summed E-state index contributed by atoms with van der Waals surface area (Å²) in [6, 6.07) is 17.8. The number of ether oxygens (including phenoxy) is 2. The van der Waals surface area contributed by atoms with Crippen LogP contribution in [0.1, 0.15) is 12.5 Å². The minimum absolute atomic E-state index is 0.123. The number of furan rings is 1. The maximum absolute atomic E-state index is 13.5. The quantitative estimate of drug-likeness (QED) is 0.108. The van der Waals surface area contributed by atoms with Gasteiger partial charge < -0.3 is 13.9 Å². The lowest BCUT2D eigenvalue weighted by molar-refractivity contribution is -0.384. The zero-order chi connectivity index (χ0) is 27.7. The lowest BCUT2D eigenvalue weighted by Crippen LogP contribution is -2.25. The summed E-state index contributed by atoms with van der Waals surface area (Å²) in [6.07, 6.45) is 0.228. The van der Waals surface area contributed by atoms with E-state index in [1.54, 1.807) is 36.4 Å². The highest BCUT2D eigenvalue weighted by Gasteiger charge is 2.20. The first-order chi connectivity index (χ1) is 18.7. The number of nitrogens with zero attached hydrogens (tertiary/aromatic N) is 4. The molecule has 0 unspecified atom stereocenters. The fourth-order valence-electron chi connectivity index (χ4n) is 3.90. The number of aromatic nitrogens is 2. The number of hydrogen-bond acceptors (Lipinski definition) is 9. The molecule has 0 N–H and O–H groups in total. The molecule has 5 aromatic rings. The van der Waals surface area contributed by atoms with Crippen LogP contribution in [-0.4, -0.2) is 40.0 Å². The zero-order valence-electron chi connectivity index (χ0n) is 20.5. The van der Waals surface area contributed by atoms with Gasteiger partial charge >= 0.3 is 5.97 Å². The topological polar surface area (TPSA) is 139 Å². The average molecular weight is 591 g/mol. The van der Waals surface area contributed by atoms with Gasteiger partial charge in [-0.3, -0.25) is 14.9 Å². The number of carbonyl (C=O) groups is 1. The van der Waals surface area contributed by atoms with Crippen LogP contribution in [0.3, 0.4) is 0 Å². The second-order valence-corrected chi connectivity index (χ2v) is 9.29. The number of para-hydroxylation sites is 1. The van der Waals surface area contributed by atoms with Gasteiger partial charge in [0.2, 0.25) is 5.82 Å². The van der Waals surface area contributed by atoms with Gasteiger partial charge in [-0.05, 0) is 49.4 Å². The number of methoxy groups -OCH3 is 1. The molecule has 0 radical (unpaired) electrons. The van der Waals surface area contributed by atoms with Crippen molar-refractivity contribution in [3.8, 4) is 17.3 Å². The Balaban J connectivity index is 1.68. The highest BCUT2D eigenvalue weighted by molar-refractivity contribution is 9.10. The molecule has 2 heterocycles. The standard InChI is InChI=1S/C27H19BrN4O7/c1-15(27(34)37-2)38-23-10-8-19(32(35)36)12-17(23)14-29-31-25(30-21-6-4-3-5-20(21)26(31)33)24-13-16-11-18(28)7-9-22(16)39-24/h3-15H,1-2H3/t15-/m1/s1. The van der Waals surface area contributed by atoms with Crippen LogP contribution in [0.25, 0.3) is 33.5 Å². The molecule has 3 aromatic carbocycles. The maximum Gasteiger partial charge on any atom is 0.346 e. The molecule has 0 spiro atoms. The number of hydrogen-bond donors (Lipinski definition) is 0. The van der Waals surface area contributed by atoms with Crippen molar-refractivity contribution in [2.75, 3.05) is 7.11 Å². The Morgan fingerprint density at radius 3 is 2.74 bits per heavy atom. The highest BCUT2D eigenvalue weighted by Crippen LogP contribution is 2.30. The Kier molecular flexibility index (Phi) is 6.94. The molecule has 2 aromatic heterocycles. The number of benzene rings is 3. The van der Waals surface area contributed by atoms with Gasteiger partial charge in [-0.15, -0.1) is 0 Å². The van der Waals surface area contributed by atoms with Crippen LogP contribution in [0.15, 0.2) is 85.5 Å². The Labute approximate surface area is 228 Å². The molecule has 0 saturated carbocycles. The van der Waals surface area contributed by atoms with Crippen molar-refractivity contribution in [1.29, 1.82) is 0 Å². The first kappa shape index (κ1) is 25.8. The number of nitro benzene ring substituents is 1. The predicted molar refractivity (Wildman–Crippen MR) is 147 cm³/mol. The molecule has 196 valence electrons. The highest BCUT2D eigenvalue weighted by atomic mass is 79.9. The van der Waals surface area contributed by atoms with E-state index in [-0.39, 0.29) is 28.6 Å². The van der Waals surface area contributed by atoms with E-state index in [9.17, 15) is 19.7 Å². The summed E-state index contributed by atoms with van der Waals surface area (Å²) in [7, 11) is 1.22. The fraction of sp³-hybridized carbons (Fsp3) is 0.111. The maximum atomic E-state index is 13.5. The normalized spacial score (nSPS) is 12.2. The Hall–Kier alpha value is -4.84. The van der Waals surface area contributed by atoms with Gasteiger partial charge in [0.25, 0.3) is 11.2 Å². The van der Waals surface area contributed by atoms with Gasteiger partial charge in [0.15, 0.2) is 11.9 Å². The van der Waals surface area contributed by atoms with Crippen molar-refractivity contribution in [1.82, 2.24) is 9.66 Å². The van der Waals surface area contributed by atoms with Gasteiger partial charge in [-0.25, -0.2) is 9.78 Å². The number of halogens is 1. The Bertz CT molecular complexity index is 1840. The van der Waals surface area contributed by atoms with Crippen molar-refractivity contribution in [2.24, 2.45) is 5.10 Å². The van der Waals surface area contributed by atoms with Gasteiger partial charge in [-0.2, -0.15) is 9.78 Å². The summed E-state index contributed by atoms with van der Waals surface area (Å²) < 4.78 is 18.3. The second-order valence-electron chi connectivity index (χ2n) is 8.37. The molecular weight excluding hydrogens is 572 g/mol. The molecule has 0 fully saturated rings. The van der Waals surface area contributed by atoms with Crippen LogP contribution in [0, 0.1) is 10.1 Å². The number of carbonyl (C=O) groups excluding carboxylic acids is 1. The van der Waals surface area contributed by atoms with Crippen molar-refractivity contribution in [2.45, 2.75) is 13.0 Å². The molecule has 0 amide bonds. The van der Waals surface area contributed by atoms with E-state index in [0.717, 1.165) is 14.5 Å². The van der Waals surface area contributed by atoms with Crippen molar-refractivity contribution in [3.63, 3.8) is 0 Å². The van der Waals surface area contributed by atoms with E-state index in [0.29, 0.717) is 16.5 Å². The minimum atomic E-state index is -1.00. The van der Waals surface area contributed by atoms with Crippen LogP contribution in [0.2, 0.25) is 0 Å². The second kappa shape index (κ2) is 10.5. The molecule has 1 atom stereocenters. The molecule has 0 bridgehead atoms.